The minimum Gasteiger partial charge on any atom is -0.465 e. The number of hydrogen-bond acceptors (Lipinski definition) is 17. The average Bonchev–Trinajstić information content (AvgIpc) is 3.32. The van der Waals surface area contributed by atoms with Crippen LogP contribution in [-0.2, 0) is 66.7 Å². The van der Waals surface area contributed by atoms with Gasteiger partial charge in [-0.15, -0.1) is 0 Å². The van der Waals surface area contributed by atoms with Gasteiger partial charge in [0.1, 0.15) is 18.8 Å². The molecule has 0 aromatic rings. The van der Waals surface area contributed by atoms with E-state index in [0.29, 0.717) is 19.4 Å². The van der Waals surface area contributed by atoms with Crippen LogP contribution in [-0.4, -0.2) is 119 Å². The number of hydrogen-bond donors (Lipinski definition) is 3. The number of carbonyl (C=O) groups is 6. The Labute approximate surface area is 320 Å². The molecule has 1 heterocycles. The third-order valence-corrected chi connectivity index (χ3v) is 13.2. The molecule has 15 atom stereocenters. The van der Waals surface area contributed by atoms with Gasteiger partial charge in [-0.05, 0) is 57.4 Å². The molecule has 0 amide bonds. The second kappa shape index (κ2) is 15.9. The first-order chi connectivity index (χ1) is 25.6. The Morgan fingerprint density at radius 3 is 1.89 bits per heavy atom. The van der Waals surface area contributed by atoms with E-state index in [1.807, 2.05) is 6.92 Å². The van der Waals surface area contributed by atoms with Crippen LogP contribution >= 0.6 is 0 Å². The van der Waals surface area contributed by atoms with Crippen LogP contribution in [0.25, 0.3) is 0 Å². The Bertz CT molecular complexity index is 1520. The molecular formula is C38H57NO16. The third kappa shape index (κ3) is 7.71. The third-order valence-electron chi connectivity index (χ3n) is 13.2. The Kier molecular flexibility index (Phi) is 12.3. The molecule has 0 radical (unpaired) electrons. The lowest BCUT2D eigenvalue weighted by Gasteiger charge is -2.68. The number of carbonyl (C=O) groups excluding carboxylic acids is 6. The summed E-state index contributed by atoms with van der Waals surface area (Å²) in [6.07, 6.45) is -8.26. The maximum Gasteiger partial charge on any atom is 0.303 e. The number of fused-ring (bicyclic) bond motifs is 5. The summed E-state index contributed by atoms with van der Waals surface area (Å²) >= 11 is 0. The normalized spacial score (nSPS) is 43.4. The van der Waals surface area contributed by atoms with Gasteiger partial charge in [0.25, 0.3) is 0 Å². The first kappa shape index (κ1) is 42.8. The smallest absolute Gasteiger partial charge is 0.303 e. The molecule has 5 rings (SSSR count). The molecule has 17 nitrogen and oxygen atoms in total. The zero-order chi connectivity index (χ0) is 40.8. The second-order valence-electron chi connectivity index (χ2n) is 16.4. The van der Waals surface area contributed by atoms with E-state index in [0.717, 1.165) is 20.8 Å². The van der Waals surface area contributed by atoms with E-state index in [-0.39, 0.29) is 38.0 Å². The topological polar surface area (TPSA) is 243 Å². The van der Waals surface area contributed by atoms with E-state index in [1.54, 1.807) is 6.92 Å². The molecule has 4 N–H and O–H groups in total. The van der Waals surface area contributed by atoms with Crippen molar-refractivity contribution in [2.24, 2.45) is 34.3 Å². The second-order valence-corrected chi connectivity index (χ2v) is 16.4. The van der Waals surface area contributed by atoms with E-state index < -0.39 is 125 Å². The van der Waals surface area contributed by atoms with Crippen molar-refractivity contribution >= 4 is 35.8 Å². The number of nitrogens with two attached hydrogens (primary N) is 1. The summed E-state index contributed by atoms with van der Waals surface area (Å²) in [5.74, 6) is -5.77. The predicted molar refractivity (Wildman–Crippen MR) is 186 cm³/mol. The SMILES string of the molecule is CC(=O)OC[C@@]12[C@@H]3[C@@H](CC[C@]1(O)C[C@@H](O[C@@H]1O[C@@H](C)[C@H](OC(C)=O)[C@@H](OC(C)=O)[C@H]1OC(C)=O)C[C@H]2OC(C)=O)[C@@]1(O)CC[C@H](CN)[C@@]1(C)C[C@H]3OC(C)=O. The average molecular weight is 784 g/mol. The molecule has 1 aliphatic heterocycles. The Hall–Kier alpha value is -3.38. The van der Waals surface area contributed by atoms with Crippen LogP contribution in [0.1, 0.15) is 100 Å². The van der Waals surface area contributed by atoms with E-state index in [4.69, 9.17) is 43.6 Å². The molecule has 310 valence electrons. The van der Waals surface area contributed by atoms with Gasteiger partial charge >= 0.3 is 35.8 Å². The van der Waals surface area contributed by atoms with Crippen LogP contribution in [0.5, 0.6) is 0 Å². The van der Waals surface area contributed by atoms with Gasteiger partial charge in [0, 0.05) is 65.7 Å². The fourth-order valence-electron chi connectivity index (χ4n) is 11.1. The fourth-order valence-corrected chi connectivity index (χ4v) is 11.1. The first-order valence-electron chi connectivity index (χ1n) is 19.1. The van der Waals surface area contributed by atoms with Gasteiger partial charge in [-0.1, -0.05) is 6.92 Å². The summed E-state index contributed by atoms with van der Waals surface area (Å²) < 4.78 is 47.1. The van der Waals surface area contributed by atoms with E-state index in [2.05, 4.69) is 0 Å². The molecule has 4 saturated carbocycles. The van der Waals surface area contributed by atoms with Crippen LogP contribution < -0.4 is 5.73 Å². The fraction of sp³-hybridized carbons (Fsp3) is 0.842. The zero-order valence-corrected chi connectivity index (χ0v) is 32.9. The Morgan fingerprint density at radius 2 is 1.33 bits per heavy atom. The molecule has 55 heavy (non-hydrogen) atoms. The largest absolute Gasteiger partial charge is 0.465 e. The maximum atomic E-state index is 13.1. The number of ether oxygens (including phenoxy) is 8. The highest BCUT2D eigenvalue weighted by Crippen LogP contribution is 2.70. The summed E-state index contributed by atoms with van der Waals surface area (Å²) in [5.41, 5.74) is 0.697. The van der Waals surface area contributed by atoms with Crippen LogP contribution in [0.15, 0.2) is 0 Å². The monoisotopic (exact) mass is 783 g/mol. The first-order valence-corrected chi connectivity index (χ1v) is 19.1. The van der Waals surface area contributed by atoms with Crippen molar-refractivity contribution in [1.82, 2.24) is 0 Å². The lowest BCUT2D eigenvalue weighted by molar-refractivity contribution is -0.344. The molecule has 0 bridgehead atoms. The summed E-state index contributed by atoms with van der Waals surface area (Å²) in [5, 5.41) is 25.9. The molecule has 5 aliphatic rings. The standard InChI is InChI=1S/C38H57NO16/c1-18-31(52-22(5)43)32(53-23(6)44)33(54-24(7)45)34(49-18)55-26-13-29(51-21(4)42)37(17-48-19(2)40)30-27(10-11-36(37,46)14-26)38(47)12-9-25(16-39)35(38,8)15-28(30)50-20(3)41/h18,25-34,46-47H,9-17,39H2,1-8H3/t18-,25+,26-,27+,28+,29+,30+,31-,32+,33+,34-,35+,36-,37+,38-/m0/s1. The Morgan fingerprint density at radius 1 is 0.745 bits per heavy atom. The summed E-state index contributed by atoms with van der Waals surface area (Å²) in [4.78, 5) is 75.0. The summed E-state index contributed by atoms with van der Waals surface area (Å²) in [7, 11) is 0. The Balaban J connectivity index is 1.60. The lowest BCUT2D eigenvalue weighted by atomic mass is 9.40. The molecule has 5 fully saturated rings. The van der Waals surface area contributed by atoms with Crippen LogP contribution in [0.2, 0.25) is 0 Å². The lowest BCUT2D eigenvalue weighted by Crippen LogP contribution is -2.77. The van der Waals surface area contributed by atoms with Crippen molar-refractivity contribution < 1.29 is 76.9 Å². The van der Waals surface area contributed by atoms with Gasteiger partial charge in [0.15, 0.2) is 24.6 Å². The minimum absolute atomic E-state index is 0.0332. The molecule has 0 aromatic heterocycles. The number of rotatable bonds is 10. The van der Waals surface area contributed by atoms with Crippen molar-refractivity contribution in [2.45, 2.75) is 161 Å². The van der Waals surface area contributed by atoms with Crippen molar-refractivity contribution in [1.29, 1.82) is 0 Å². The van der Waals surface area contributed by atoms with Crippen molar-refractivity contribution in [3.8, 4) is 0 Å². The molecule has 4 aliphatic carbocycles. The van der Waals surface area contributed by atoms with Crippen molar-refractivity contribution in [3.05, 3.63) is 0 Å². The van der Waals surface area contributed by atoms with Crippen molar-refractivity contribution in [3.63, 3.8) is 0 Å². The quantitative estimate of drug-likeness (QED) is 0.161. The molecule has 0 aromatic carbocycles. The van der Waals surface area contributed by atoms with Gasteiger partial charge in [0.05, 0.1) is 28.8 Å². The minimum atomic E-state index is -1.84. The summed E-state index contributed by atoms with van der Waals surface area (Å²) in [6.45, 7) is 10.5. The molecule has 0 spiro atoms. The highest BCUT2D eigenvalue weighted by atomic mass is 16.7. The molecule has 1 saturated heterocycles. The molecule has 17 heteroatoms. The van der Waals surface area contributed by atoms with Gasteiger partial charge in [-0.3, -0.25) is 28.8 Å². The predicted octanol–water partition coefficient (Wildman–Crippen LogP) is 1.39. The molecular weight excluding hydrogens is 726 g/mol. The van der Waals surface area contributed by atoms with Gasteiger partial charge < -0.3 is 53.8 Å². The zero-order valence-electron chi connectivity index (χ0n) is 32.9. The summed E-state index contributed by atoms with van der Waals surface area (Å²) in [6, 6.07) is 0. The van der Waals surface area contributed by atoms with Crippen LogP contribution in [0, 0.1) is 28.6 Å². The van der Waals surface area contributed by atoms with Crippen LogP contribution in [0.4, 0.5) is 0 Å². The van der Waals surface area contributed by atoms with E-state index in [9.17, 15) is 39.0 Å². The number of aliphatic hydroxyl groups is 2. The molecule has 0 unspecified atom stereocenters. The number of esters is 6. The van der Waals surface area contributed by atoms with E-state index in [1.165, 1.54) is 20.8 Å². The highest BCUT2D eigenvalue weighted by Gasteiger charge is 2.77. The van der Waals surface area contributed by atoms with E-state index >= 15 is 0 Å². The highest BCUT2D eigenvalue weighted by molar-refractivity contribution is 5.69. The van der Waals surface area contributed by atoms with Crippen molar-refractivity contribution in [2.75, 3.05) is 13.2 Å². The van der Waals surface area contributed by atoms with Crippen LogP contribution in [0.3, 0.4) is 0 Å². The maximum absolute atomic E-state index is 13.1. The van der Waals surface area contributed by atoms with Gasteiger partial charge in [-0.25, -0.2) is 0 Å². The van der Waals surface area contributed by atoms with Gasteiger partial charge in [0.2, 0.25) is 0 Å². The van der Waals surface area contributed by atoms with Gasteiger partial charge in [-0.2, -0.15) is 0 Å².